The van der Waals surface area contributed by atoms with Crippen LogP contribution in [0.3, 0.4) is 0 Å². The summed E-state index contributed by atoms with van der Waals surface area (Å²) in [6.07, 6.45) is 0. The number of nitrogens with one attached hydrogen (secondary N) is 1. The fraction of sp³-hybridized carbons (Fsp3) is 0.889. The van der Waals surface area contributed by atoms with Crippen LogP contribution in [0.1, 0.15) is 13.8 Å². The maximum atomic E-state index is 9.89. The van der Waals surface area contributed by atoms with Crippen LogP contribution in [-0.4, -0.2) is 38.3 Å². The number of ether oxygens (including phenoxy) is 2. The second kappa shape index (κ2) is 9.24. The standard InChI is InChI=1S/C5H9ClO2.C4H9NO/c1-4(2)3-8-5(6)7;1-3-6-4-2-5-1/h4H,3H2,1-2H3;5H,1-4H2. The summed E-state index contributed by atoms with van der Waals surface area (Å²) in [4.78, 5) is 9.89. The molecule has 0 aromatic carbocycles. The fourth-order valence-corrected chi connectivity index (χ4v) is 0.811. The van der Waals surface area contributed by atoms with Gasteiger partial charge < -0.3 is 14.8 Å². The molecule has 84 valence electrons. The molecule has 1 saturated heterocycles. The van der Waals surface area contributed by atoms with Crippen LogP contribution in [-0.2, 0) is 9.47 Å². The van der Waals surface area contributed by atoms with Crippen molar-refractivity contribution in [1.82, 2.24) is 5.32 Å². The van der Waals surface area contributed by atoms with Gasteiger partial charge in [0.2, 0.25) is 0 Å². The Balaban J connectivity index is 0.000000249. The third-order valence-electron chi connectivity index (χ3n) is 1.38. The van der Waals surface area contributed by atoms with Gasteiger partial charge in [0.15, 0.2) is 0 Å². The van der Waals surface area contributed by atoms with Crippen molar-refractivity contribution in [1.29, 1.82) is 0 Å². The average Bonchev–Trinajstić information content (AvgIpc) is 2.18. The van der Waals surface area contributed by atoms with Crippen molar-refractivity contribution in [2.75, 3.05) is 32.9 Å². The third kappa shape index (κ3) is 11.7. The highest BCUT2D eigenvalue weighted by molar-refractivity contribution is 6.61. The van der Waals surface area contributed by atoms with Gasteiger partial charge in [0.1, 0.15) is 0 Å². The number of hydrogen-bond donors (Lipinski definition) is 1. The highest BCUT2D eigenvalue weighted by Crippen LogP contribution is 1.94. The van der Waals surface area contributed by atoms with Crippen molar-refractivity contribution < 1.29 is 14.3 Å². The van der Waals surface area contributed by atoms with Crippen LogP contribution in [0.25, 0.3) is 0 Å². The van der Waals surface area contributed by atoms with E-state index in [9.17, 15) is 4.79 Å². The van der Waals surface area contributed by atoms with E-state index in [-0.39, 0.29) is 0 Å². The highest BCUT2D eigenvalue weighted by Gasteiger charge is 1.96. The first-order valence-corrected chi connectivity index (χ1v) is 5.11. The molecule has 1 fully saturated rings. The predicted molar refractivity (Wildman–Crippen MR) is 55.7 cm³/mol. The Morgan fingerprint density at radius 2 is 2.07 bits per heavy atom. The minimum atomic E-state index is -0.723. The molecule has 1 N–H and O–H groups in total. The summed E-state index contributed by atoms with van der Waals surface area (Å²) in [5, 5.41) is 3.16. The van der Waals surface area contributed by atoms with Crippen LogP contribution < -0.4 is 5.32 Å². The second-order valence-corrected chi connectivity index (χ2v) is 3.61. The summed E-state index contributed by atoms with van der Waals surface area (Å²) < 4.78 is 9.44. The summed E-state index contributed by atoms with van der Waals surface area (Å²) in [7, 11) is 0. The molecule has 1 rings (SSSR count). The molecule has 0 amide bonds. The zero-order chi connectivity index (χ0) is 10.8. The molecule has 0 radical (unpaired) electrons. The van der Waals surface area contributed by atoms with Crippen molar-refractivity contribution in [3.05, 3.63) is 0 Å². The van der Waals surface area contributed by atoms with E-state index in [0.717, 1.165) is 26.3 Å². The first-order valence-electron chi connectivity index (χ1n) is 4.73. The molecule has 1 aliphatic heterocycles. The van der Waals surface area contributed by atoms with Gasteiger partial charge in [-0.1, -0.05) is 13.8 Å². The molecule has 5 heteroatoms. The minimum absolute atomic E-state index is 0.359. The number of carbonyl (C=O) groups excluding carboxylic acids is 1. The Kier molecular flexibility index (Phi) is 9.03. The molecule has 0 bridgehead atoms. The Bertz CT molecular complexity index is 137. The first kappa shape index (κ1) is 13.7. The van der Waals surface area contributed by atoms with Crippen LogP contribution in [0.4, 0.5) is 4.79 Å². The SMILES string of the molecule is C1COCCN1.CC(C)COC(=O)Cl. The first-order chi connectivity index (χ1) is 6.63. The van der Waals surface area contributed by atoms with E-state index in [1.165, 1.54) is 0 Å². The van der Waals surface area contributed by atoms with Crippen molar-refractivity contribution in [3.8, 4) is 0 Å². The van der Waals surface area contributed by atoms with Gasteiger partial charge in [-0.25, -0.2) is 4.79 Å². The quantitative estimate of drug-likeness (QED) is 0.723. The minimum Gasteiger partial charge on any atom is -0.453 e. The third-order valence-corrected chi connectivity index (χ3v) is 1.49. The van der Waals surface area contributed by atoms with Gasteiger partial charge in [0, 0.05) is 24.7 Å². The normalized spacial score (nSPS) is 15.7. The Morgan fingerprint density at radius 1 is 1.50 bits per heavy atom. The Labute approximate surface area is 89.9 Å². The van der Waals surface area contributed by atoms with E-state index in [1.807, 2.05) is 13.8 Å². The molecule has 0 saturated carbocycles. The van der Waals surface area contributed by atoms with E-state index in [0.29, 0.717) is 12.5 Å². The number of morpholine rings is 1. The zero-order valence-electron chi connectivity index (χ0n) is 8.72. The lowest BCUT2D eigenvalue weighted by Gasteiger charge is -2.10. The van der Waals surface area contributed by atoms with Gasteiger partial charge in [-0.15, -0.1) is 0 Å². The molecule has 4 nitrogen and oxygen atoms in total. The maximum Gasteiger partial charge on any atom is 0.403 e. The van der Waals surface area contributed by atoms with Gasteiger partial charge in [-0.3, -0.25) is 0 Å². The van der Waals surface area contributed by atoms with Crippen LogP contribution in [0.15, 0.2) is 0 Å². The zero-order valence-corrected chi connectivity index (χ0v) is 9.47. The molecule has 1 heterocycles. The topological polar surface area (TPSA) is 47.6 Å². The van der Waals surface area contributed by atoms with Crippen molar-refractivity contribution in [2.45, 2.75) is 13.8 Å². The summed E-state index contributed by atoms with van der Waals surface area (Å²) in [5.74, 6) is 0.359. The maximum absolute atomic E-state index is 9.89. The Hall–Kier alpha value is -0.320. The number of halogens is 1. The van der Waals surface area contributed by atoms with Gasteiger partial charge in [-0.05, 0) is 5.92 Å². The van der Waals surface area contributed by atoms with E-state index in [4.69, 9.17) is 16.3 Å². The van der Waals surface area contributed by atoms with Gasteiger partial charge in [0.25, 0.3) is 0 Å². The summed E-state index contributed by atoms with van der Waals surface area (Å²) >= 11 is 4.86. The van der Waals surface area contributed by atoms with Crippen LogP contribution in [0, 0.1) is 5.92 Å². The van der Waals surface area contributed by atoms with E-state index in [2.05, 4.69) is 10.1 Å². The molecule has 0 atom stereocenters. The molecular weight excluding hydrogens is 206 g/mol. The van der Waals surface area contributed by atoms with Crippen molar-refractivity contribution >= 4 is 17.0 Å². The lowest BCUT2D eigenvalue weighted by molar-refractivity contribution is 0.109. The van der Waals surface area contributed by atoms with Crippen LogP contribution in [0.2, 0.25) is 0 Å². The van der Waals surface area contributed by atoms with E-state index < -0.39 is 5.43 Å². The highest BCUT2D eigenvalue weighted by atomic mass is 35.5. The van der Waals surface area contributed by atoms with E-state index >= 15 is 0 Å². The molecular formula is C9H18ClNO3. The molecule has 0 spiro atoms. The largest absolute Gasteiger partial charge is 0.453 e. The van der Waals surface area contributed by atoms with Crippen molar-refractivity contribution in [2.24, 2.45) is 5.92 Å². The van der Waals surface area contributed by atoms with Gasteiger partial charge in [-0.2, -0.15) is 0 Å². The monoisotopic (exact) mass is 223 g/mol. The number of rotatable bonds is 2. The van der Waals surface area contributed by atoms with E-state index in [1.54, 1.807) is 0 Å². The Morgan fingerprint density at radius 3 is 2.21 bits per heavy atom. The lowest BCUT2D eigenvalue weighted by atomic mass is 10.2. The summed E-state index contributed by atoms with van der Waals surface area (Å²) in [6, 6.07) is 0. The molecule has 0 aliphatic carbocycles. The van der Waals surface area contributed by atoms with Crippen LogP contribution in [0.5, 0.6) is 0 Å². The van der Waals surface area contributed by atoms with Crippen molar-refractivity contribution in [3.63, 3.8) is 0 Å². The lowest BCUT2D eigenvalue weighted by Crippen LogP contribution is -2.30. The average molecular weight is 224 g/mol. The van der Waals surface area contributed by atoms with Gasteiger partial charge in [0.05, 0.1) is 19.8 Å². The molecule has 0 unspecified atom stereocenters. The van der Waals surface area contributed by atoms with Gasteiger partial charge >= 0.3 is 5.43 Å². The number of hydrogen-bond acceptors (Lipinski definition) is 4. The molecule has 0 aromatic heterocycles. The van der Waals surface area contributed by atoms with Crippen LogP contribution >= 0.6 is 11.6 Å². The molecule has 0 aromatic rings. The second-order valence-electron chi connectivity index (χ2n) is 3.30. The summed E-state index contributed by atoms with van der Waals surface area (Å²) in [6.45, 7) is 8.13. The summed E-state index contributed by atoms with van der Waals surface area (Å²) in [5.41, 5.74) is -0.723. The molecule has 1 aliphatic rings. The fourth-order valence-electron chi connectivity index (χ4n) is 0.748. The number of carbonyl (C=O) groups is 1. The molecule has 14 heavy (non-hydrogen) atoms. The smallest absolute Gasteiger partial charge is 0.403 e. The predicted octanol–water partition coefficient (Wildman–Crippen LogP) is 1.62.